The molecule has 0 saturated carbocycles. The maximum absolute atomic E-state index is 13.4. The Balaban J connectivity index is 0.00000263. The van der Waals surface area contributed by atoms with Crippen LogP contribution in [0.25, 0.3) is 0 Å². The first-order valence-electron chi connectivity index (χ1n) is 18.6. The summed E-state index contributed by atoms with van der Waals surface area (Å²) in [5.74, 6) is -2.26. The molecule has 0 aromatic heterocycles. The molecule has 0 aliphatic carbocycles. The Labute approximate surface area is 354 Å². The van der Waals surface area contributed by atoms with E-state index in [2.05, 4.69) is 21.2 Å². The standard InChI is InChI=1S/C36H49BrN2O12S.C2H4O2.C2H6/c1-22(40)45-17-31-33(47-24(3)42)30(46-23(2)41)15-32(49-31)48-28-13-10-26(14-29(28)51-52-50-27-11-8-25(16-37)9-12-27)34(43)39-19-36(6,7)21-44-20-35(4,5)18-38;1-2(3)4;1-2/h8-14,30-33H,15-21,38H2,1-7H3,(H,39,43);1H3,(H,3,4);1-2H3. The average molecular weight is 904 g/mol. The van der Waals surface area contributed by atoms with Gasteiger partial charge in [-0.25, -0.2) is 0 Å². The van der Waals surface area contributed by atoms with E-state index in [1.165, 1.54) is 32.9 Å². The molecule has 4 atom stereocenters. The fourth-order valence-corrected chi connectivity index (χ4v) is 5.59. The summed E-state index contributed by atoms with van der Waals surface area (Å²) in [5, 5.41) is 11.1. The summed E-state index contributed by atoms with van der Waals surface area (Å²) in [6.45, 7) is 18.2. The number of ether oxygens (including phenoxy) is 6. The van der Waals surface area contributed by atoms with Crippen LogP contribution in [0, 0.1) is 10.8 Å². The lowest BCUT2D eigenvalue weighted by Crippen LogP contribution is -2.54. The Bertz CT molecular complexity index is 1600. The second kappa shape index (κ2) is 26.1. The van der Waals surface area contributed by atoms with Gasteiger partial charge in [-0.3, -0.25) is 24.0 Å². The number of nitrogens with two attached hydrogens (primary N) is 1. The Morgan fingerprint density at radius 2 is 1.48 bits per heavy atom. The number of carboxylic acids is 1. The number of benzene rings is 2. The molecule has 3 rings (SSSR count). The van der Waals surface area contributed by atoms with E-state index < -0.39 is 48.5 Å². The van der Waals surface area contributed by atoms with Crippen LogP contribution in [-0.4, -0.2) is 92.4 Å². The molecule has 1 saturated heterocycles. The average Bonchev–Trinajstić information content (AvgIpc) is 3.15. The van der Waals surface area contributed by atoms with Gasteiger partial charge in [0.1, 0.15) is 24.6 Å². The molecule has 1 fully saturated rings. The monoisotopic (exact) mass is 902 g/mol. The third-order valence-electron chi connectivity index (χ3n) is 7.62. The first-order chi connectivity index (χ1) is 27.2. The molecular formula is C40H59BrN2O14S. The molecule has 4 N–H and O–H groups in total. The molecule has 0 bridgehead atoms. The lowest BCUT2D eigenvalue weighted by Gasteiger charge is -2.39. The van der Waals surface area contributed by atoms with Crippen LogP contribution in [0.4, 0.5) is 0 Å². The first-order valence-corrected chi connectivity index (χ1v) is 20.4. The summed E-state index contributed by atoms with van der Waals surface area (Å²) in [5.41, 5.74) is 6.61. The van der Waals surface area contributed by atoms with Crippen molar-refractivity contribution in [3.8, 4) is 17.2 Å². The highest BCUT2D eigenvalue weighted by Gasteiger charge is 2.45. The van der Waals surface area contributed by atoms with Crippen molar-refractivity contribution in [2.24, 2.45) is 16.6 Å². The number of rotatable bonds is 19. The van der Waals surface area contributed by atoms with E-state index in [4.69, 9.17) is 52.4 Å². The lowest BCUT2D eigenvalue weighted by atomic mass is 9.93. The molecule has 58 heavy (non-hydrogen) atoms. The topological polar surface area (TPSA) is 217 Å². The summed E-state index contributed by atoms with van der Waals surface area (Å²) < 4.78 is 45.9. The predicted octanol–water partition coefficient (Wildman–Crippen LogP) is 6.40. The quantitative estimate of drug-likeness (QED) is 0.0602. The van der Waals surface area contributed by atoms with Crippen LogP contribution in [0.3, 0.4) is 0 Å². The number of amides is 1. The van der Waals surface area contributed by atoms with Crippen molar-refractivity contribution < 1.29 is 65.9 Å². The van der Waals surface area contributed by atoms with Gasteiger partial charge in [0.05, 0.1) is 19.6 Å². The summed E-state index contributed by atoms with van der Waals surface area (Å²) in [6, 6.07) is 11.9. The summed E-state index contributed by atoms with van der Waals surface area (Å²) in [7, 11) is 0. The van der Waals surface area contributed by atoms with Crippen molar-refractivity contribution in [3.63, 3.8) is 0 Å². The largest absolute Gasteiger partial charge is 0.481 e. The van der Waals surface area contributed by atoms with Gasteiger partial charge in [-0.05, 0) is 42.4 Å². The highest BCUT2D eigenvalue weighted by atomic mass is 79.9. The van der Waals surface area contributed by atoms with Gasteiger partial charge < -0.3 is 52.9 Å². The van der Waals surface area contributed by atoms with Gasteiger partial charge in [-0.2, -0.15) is 0 Å². The zero-order chi connectivity index (χ0) is 44.1. The van der Waals surface area contributed by atoms with Crippen molar-refractivity contribution in [1.82, 2.24) is 5.32 Å². The fraction of sp³-hybridized carbons (Fsp3) is 0.575. The molecule has 0 spiro atoms. The minimum Gasteiger partial charge on any atom is -0.481 e. The smallest absolute Gasteiger partial charge is 0.303 e. The van der Waals surface area contributed by atoms with Gasteiger partial charge in [0.25, 0.3) is 24.2 Å². The number of esters is 3. The van der Waals surface area contributed by atoms with Crippen LogP contribution in [0.2, 0.25) is 0 Å². The number of nitrogens with one attached hydrogen (secondary N) is 1. The van der Waals surface area contributed by atoms with Gasteiger partial charge in [0, 0.05) is 56.0 Å². The zero-order valence-electron chi connectivity index (χ0n) is 34.9. The van der Waals surface area contributed by atoms with Crippen molar-refractivity contribution in [2.45, 2.75) is 106 Å². The van der Waals surface area contributed by atoms with Crippen LogP contribution >= 0.6 is 28.3 Å². The molecule has 1 heterocycles. The van der Waals surface area contributed by atoms with Crippen LogP contribution in [0.1, 0.15) is 91.6 Å². The Morgan fingerprint density at radius 1 is 0.879 bits per heavy atom. The number of carbonyl (C=O) groups excluding carboxylic acids is 4. The molecule has 2 aromatic rings. The third-order valence-corrected chi connectivity index (χ3v) is 8.77. The second-order valence-electron chi connectivity index (χ2n) is 14.4. The number of carbonyl (C=O) groups is 5. The molecule has 0 radical (unpaired) electrons. The fourth-order valence-electron chi connectivity index (χ4n) is 4.79. The van der Waals surface area contributed by atoms with Crippen molar-refractivity contribution in [3.05, 3.63) is 53.6 Å². The third kappa shape index (κ3) is 20.5. The van der Waals surface area contributed by atoms with Crippen LogP contribution in [0.5, 0.6) is 17.2 Å². The van der Waals surface area contributed by atoms with Gasteiger partial charge >= 0.3 is 17.9 Å². The second-order valence-corrected chi connectivity index (χ2v) is 15.4. The maximum Gasteiger partial charge on any atom is 0.303 e. The highest BCUT2D eigenvalue weighted by molar-refractivity contribution is 9.08. The molecule has 1 aliphatic heterocycles. The number of halogens is 1. The molecule has 326 valence electrons. The summed E-state index contributed by atoms with van der Waals surface area (Å²) in [4.78, 5) is 57.9. The number of carboxylic acid groups (broad SMARTS) is 1. The van der Waals surface area contributed by atoms with E-state index in [1.807, 2.05) is 53.7 Å². The minimum absolute atomic E-state index is 0.0566. The van der Waals surface area contributed by atoms with E-state index in [0.717, 1.165) is 12.5 Å². The first kappa shape index (κ1) is 51.9. The van der Waals surface area contributed by atoms with E-state index in [-0.39, 0.29) is 46.8 Å². The number of hydrogen-bond donors (Lipinski definition) is 3. The van der Waals surface area contributed by atoms with Gasteiger partial charge in [-0.15, -0.1) is 0 Å². The lowest BCUT2D eigenvalue weighted by molar-refractivity contribution is -0.245. The van der Waals surface area contributed by atoms with E-state index in [1.54, 1.807) is 18.2 Å². The van der Waals surface area contributed by atoms with Crippen molar-refractivity contribution in [1.29, 1.82) is 0 Å². The minimum atomic E-state index is -1.09. The molecule has 18 heteroatoms. The molecular weight excluding hydrogens is 844 g/mol. The number of alkyl halides is 1. The number of aliphatic carboxylic acids is 1. The molecule has 4 unspecified atom stereocenters. The van der Waals surface area contributed by atoms with Crippen LogP contribution < -0.4 is 24.2 Å². The van der Waals surface area contributed by atoms with E-state index in [9.17, 15) is 19.2 Å². The SMILES string of the molecule is CC.CC(=O)O.CC(=O)OCC1OC(Oc2ccc(C(=O)NCC(C)(C)COCC(C)(C)CN)cc2OSOc2ccc(CBr)cc2)CC(OC(C)=O)C1OC(C)=O. The molecule has 1 aliphatic rings. The number of hydrogen-bond acceptors (Lipinski definition) is 15. The highest BCUT2D eigenvalue weighted by Crippen LogP contribution is 2.36. The van der Waals surface area contributed by atoms with Crippen LogP contribution in [0.15, 0.2) is 42.5 Å². The Hall–Kier alpha value is -4.10. The molecule has 16 nitrogen and oxygen atoms in total. The van der Waals surface area contributed by atoms with E-state index >= 15 is 0 Å². The van der Waals surface area contributed by atoms with Crippen LogP contribution in [-0.2, 0) is 48.2 Å². The molecule has 2 aromatic carbocycles. The Kier molecular flexibility index (Phi) is 23.4. The van der Waals surface area contributed by atoms with Gasteiger partial charge in [-0.1, -0.05) is 69.6 Å². The Morgan fingerprint density at radius 3 is 2.03 bits per heavy atom. The zero-order valence-corrected chi connectivity index (χ0v) is 37.3. The van der Waals surface area contributed by atoms with Crippen molar-refractivity contribution in [2.75, 3.05) is 32.9 Å². The van der Waals surface area contributed by atoms with Crippen molar-refractivity contribution >= 4 is 58.0 Å². The predicted molar refractivity (Wildman–Crippen MR) is 220 cm³/mol. The summed E-state index contributed by atoms with van der Waals surface area (Å²) >= 11 is 4.07. The normalized spacial score (nSPS) is 17.4. The van der Waals surface area contributed by atoms with E-state index in [0.29, 0.717) is 49.7 Å². The summed E-state index contributed by atoms with van der Waals surface area (Å²) in [6.07, 6.45) is -4.27. The van der Waals surface area contributed by atoms with Gasteiger partial charge in [0.2, 0.25) is 6.29 Å². The molecule has 1 amide bonds. The van der Waals surface area contributed by atoms with Gasteiger partial charge in [0.15, 0.2) is 17.6 Å². The maximum atomic E-state index is 13.4.